The Labute approximate surface area is 158 Å². The molecule has 0 bridgehead atoms. The molecule has 4 rings (SSSR count). The van der Waals surface area contributed by atoms with Crippen molar-refractivity contribution in [3.05, 3.63) is 79.4 Å². The number of rotatable bonds is 4. The van der Waals surface area contributed by atoms with Crippen molar-refractivity contribution in [1.82, 2.24) is 0 Å². The van der Waals surface area contributed by atoms with Crippen molar-refractivity contribution in [2.45, 2.75) is 25.8 Å². The molecule has 28 heavy (non-hydrogen) atoms. The highest BCUT2D eigenvalue weighted by atomic mass is 19.1. The van der Waals surface area contributed by atoms with E-state index >= 15 is 0 Å². The number of aryl methyl sites for hydroxylation is 2. The first kappa shape index (κ1) is 17.7. The lowest BCUT2D eigenvalue weighted by Gasteiger charge is -2.17. The molecule has 7 nitrogen and oxygen atoms in total. The van der Waals surface area contributed by atoms with Crippen LogP contribution in [0, 0.1) is 27.4 Å². The first-order valence-electron chi connectivity index (χ1n) is 8.66. The highest BCUT2D eigenvalue weighted by molar-refractivity contribution is 5.82. The van der Waals surface area contributed by atoms with Crippen molar-refractivity contribution in [1.29, 1.82) is 5.26 Å². The number of nitro benzene ring substituents is 1. The Morgan fingerprint density at radius 1 is 1.21 bits per heavy atom. The molecule has 0 saturated carbocycles. The van der Waals surface area contributed by atoms with Gasteiger partial charge < -0.3 is 4.42 Å². The average molecular weight is 379 g/mol. The number of nitro groups is 1. The van der Waals surface area contributed by atoms with Gasteiger partial charge in [-0.15, -0.1) is 0 Å². The van der Waals surface area contributed by atoms with Crippen molar-refractivity contribution >= 4 is 22.3 Å². The van der Waals surface area contributed by atoms with Gasteiger partial charge in [0, 0.05) is 17.5 Å². The minimum absolute atomic E-state index is 0.000172. The van der Waals surface area contributed by atoms with Gasteiger partial charge in [0.1, 0.15) is 5.58 Å². The van der Waals surface area contributed by atoms with E-state index in [1.807, 2.05) is 18.3 Å². The van der Waals surface area contributed by atoms with Crippen LogP contribution >= 0.6 is 0 Å². The van der Waals surface area contributed by atoms with Crippen LogP contribution in [0.4, 0.5) is 15.8 Å². The van der Waals surface area contributed by atoms with E-state index in [0.717, 1.165) is 42.3 Å². The second kappa shape index (κ2) is 6.78. The zero-order valence-corrected chi connectivity index (χ0v) is 14.6. The number of hydrogen-bond donors (Lipinski definition) is 0. The van der Waals surface area contributed by atoms with Gasteiger partial charge >= 0.3 is 11.3 Å². The van der Waals surface area contributed by atoms with E-state index in [0.29, 0.717) is 11.1 Å². The Hall–Kier alpha value is -3.73. The molecule has 0 aliphatic heterocycles. The molecule has 0 N–H and O–H groups in total. The molecule has 0 fully saturated rings. The molecular weight excluding hydrogens is 365 g/mol. The van der Waals surface area contributed by atoms with Gasteiger partial charge in [-0.05, 0) is 60.2 Å². The van der Waals surface area contributed by atoms with Gasteiger partial charge in [-0.2, -0.15) is 9.65 Å². The smallest absolute Gasteiger partial charge is 0.336 e. The standard InChI is InChI=1S/C20H14FN3O4/c21-17-5-4-15(9-18(17)24(26)27)23(11-22)10-14-8-20(25)28-19-7-13-3-1-2-12(13)6-16(14)19/h4-9H,1-3,10H2. The summed E-state index contributed by atoms with van der Waals surface area (Å²) in [5, 5.41) is 21.2. The monoisotopic (exact) mass is 379 g/mol. The van der Waals surface area contributed by atoms with Crippen LogP contribution in [0.25, 0.3) is 11.0 Å². The number of nitrogens with zero attached hydrogens (tertiary/aromatic N) is 3. The summed E-state index contributed by atoms with van der Waals surface area (Å²) in [6, 6.07) is 8.38. The van der Waals surface area contributed by atoms with E-state index in [1.54, 1.807) is 0 Å². The molecule has 1 aromatic heterocycles. The third-order valence-electron chi connectivity index (χ3n) is 4.93. The largest absolute Gasteiger partial charge is 0.423 e. The SMILES string of the molecule is N#CN(Cc1cc(=O)oc2cc3c(cc12)CCC3)c1ccc(F)c([N+](=O)[O-])c1. The number of nitriles is 1. The van der Waals surface area contributed by atoms with Crippen molar-refractivity contribution in [2.75, 3.05) is 4.90 Å². The van der Waals surface area contributed by atoms with Gasteiger partial charge in [0.15, 0.2) is 6.19 Å². The molecule has 0 unspecified atom stereocenters. The maximum absolute atomic E-state index is 13.6. The molecule has 0 radical (unpaired) electrons. The lowest BCUT2D eigenvalue weighted by atomic mass is 10.0. The van der Waals surface area contributed by atoms with Crippen LogP contribution in [0.5, 0.6) is 0 Å². The lowest BCUT2D eigenvalue weighted by Crippen LogP contribution is -2.17. The zero-order valence-electron chi connectivity index (χ0n) is 14.6. The minimum atomic E-state index is -0.979. The summed E-state index contributed by atoms with van der Waals surface area (Å²) >= 11 is 0. The predicted molar refractivity (Wildman–Crippen MR) is 99.4 cm³/mol. The van der Waals surface area contributed by atoms with E-state index in [2.05, 4.69) is 0 Å². The average Bonchev–Trinajstić information content (AvgIpc) is 3.12. The van der Waals surface area contributed by atoms with Gasteiger partial charge in [-0.25, -0.2) is 4.79 Å². The van der Waals surface area contributed by atoms with Gasteiger partial charge in [-0.1, -0.05) is 0 Å². The number of anilines is 1. The maximum atomic E-state index is 13.6. The van der Waals surface area contributed by atoms with Crippen LogP contribution in [0.2, 0.25) is 0 Å². The Balaban J connectivity index is 1.78. The van der Waals surface area contributed by atoms with Gasteiger partial charge in [0.05, 0.1) is 17.2 Å². The molecule has 0 amide bonds. The lowest BCUT2D eigenvalue weighted by molar-refractivity contribution is -0.387. The van der Waals surface area contributed by atoms with E-state index in [9.17, 15) is 24.6 Å². The van der Waals surface area contributed by atoms with E-state index in [1.165, 1.54) is 22.6 Å². The molecule has 140 valence electrons. The van der Waals surface area contributed by atoms with Crippen molar-refractivity contribution in [3.63, 3.8) is 0 Å². The fraction of sp³-hybridized carbons (Fsp3) is 0.200. The Kier molecular flexibility index (Phi) is 4.28. The molecule has 1 heterocycles. The van der Waals surface area contributed by atoms with Crippen LogP contribution in [0.15, 0.2) is 45.6 Å². The van der Waals surface area contributed by atoms with Gasteiger partial charge in [0.2, 0.25) is 5.82 Å². The first-order chi connectivity index (χ1) is 13.5. The third kappa shape index (κ3) is 3.07. The normalized spacial score (nSPS) is 12.6. The molecule has 1 aliphatic carbocycles. The summed E-state index contributed by atoms with van der Waals surface area (Å²) in [5.74, 6) is -0.979. The Bertz CT molecular complexity index is 1210. The molecule has 2 aromatic carbocycles. The van der Waals surface area contributed by atoms with Gasteiger partial charge in [0.25, 0.3) is 0 Å². The van der Waals surface area contributed by atoms with Crippen molar-refractivity contribution < 1.29 is 13.7 Å². The molecule has 1 aliphatic rings. The summed E-state index contributed by atoms with van der Waals surface area (Å²) in [7, 11) is 0. The number of hydrogen-bond acceptors (Lipinski definition) is 6. The fourth-order valence-corrected chi connectivity index (χ4v) is 3.59. The van der Waals surface area contributed by atoms with Gasteiger partial charge in [-0.3, -0.25) is 15.0 Å². The molecule has 3 aromatic rings. The fourth-order valence-electron chi connectivity index (χ4n) is 3.59. The van der Waals surface area contributed by atoms with Crippen molar-refractivity contribution in [2.24, 2.45) is 0 Å². The molecule has 0 spiro atoms. The molecule has 0 atom stereocenters. The maximum Gasteiger partial charge on any atom is 0.336 e. The van der Waals surface area contributed by atoms with E-state index in [4.69, 9.17) is 4.42 Å². The second-order valence-electron chi connectivity index (χ2n) is 6.64. The van der Waals surface area contributed by atoms with Crippen LogP contribution in [0.3, 0.4) is 0 Å². The minimum Gasteiger partial charge on any atom is -0.423 e. The third-order valence-corrected chi connectivity index (χ3v) is 4.93. The number of fused-ring (bicyclic) bond motifs is 2. The zero-order chi connectivity index (χ0) is 19.8. The number of benzene rings is 2. The van der Waals surface area contributed by atoms with Crippen LogP contribution in [0.1, 0.15) is 23.1 Å². The molecule has 0 saturated heterocycles. The summed E-state index contributed by atoms with van der Waals surface area (Å²) in [6.45, 7) is 0.000172. The van der Waals surface area contributed by atoms with Crippen LogP contribution < -0.4 is 10.5 Å². The topological polar surface area (TPSA) is 100 Å². The second-order valence-corrected chi connectivity index (χ2v) is 6.64. The Morgan fingerprint density at radius 3 is 2.68 bits per heavy atom. The molecular formula is C20H14FN3O4. The number of halogens is 1. The molecule has 8 heteroatoms. The first-order valence-corrected chi connectivity index (χ1v) is 8.66. The quantitative estimate of drug-likeness (QED) is 0.225. The highest BCUT2D eigenvalue weighted by Gasteiger charge is 2.20. The predicted octanol–water partition coefficient (Wildman–Crippen LogP) is 3.82. The van der Waals surface area contributed by atoms with Crippen LogP contribution in [-0.4, -0.2) is 4.92 Å². The summed E-state index contributed by atoms with van der Waals surface area (Å²) < 4.78 is 18.9. The van der Waals surface area contributed by atoms with Crippen LogP contribution in [-0.2, 0) is 19.4 Å². The highest BCUT2D eigenvalue weighted by Crippen LogP contribution is 2.30. The summed E-state index contributed by atoms with van der Waals surface area (Å²) in [6.07, 6.45) is 4.85. The van der Waals surface area contributed by atoms with E-state index < -0.39 is 22.1 Å². The summed E-state index contributed by atoms with van der Waals surface area (Å²) in [5.41, 5.74) is 2.26. The van der Waals surface area contributed by atoms with E-state index in [-0.39, 0.29) is 12.2 Å². The summed E-state index contributed by atoms with van der Waals surface area (Å²) in [4.78, 5) is 23.3. The van der Waals surface area contributed by atoms with Crippen molar-refractivity contribution in [3.8, 4) is 6.19 Å². The Morgan fingerprint density at radius 2 is 1.96 bits per heavy atom.